The first-order valence-electron chi connectivity index (χ1n) is 6.71. The molecule has 1 heterocycles. The number of ketones is 1. The summed E-state index contributed by atoms with van der Waals surface area (Å²) >= 11 is 0. The first kappa shape index (κ1) is 13.1. The van der Waals surface area contributed by atoms with Crippen LogP contribution in [0.5, 0.6) is 5.75 Å². The summed E-state index contributed by atoms with van der Waals surface area (Å²) in [7, 11) is 0. The zero-order valence-corrected chi connectivity index (χ0v) is 11.1. The topological polar surface area (TPSA) is 40.5 Å². The molecule has 0 amide bonds. The molecule has 1 unspecified atom stereocenters. The van der Waals surface area contributed by atoms with Crippen LogP contribution in [0.2, 0.25) is 0 Å². The molecule has 1 saturated heterocycles. The van der Waals surface area contributed by atoms with E-state index in [-0.39, 0.29) is 17.6 Å². The van der Waals surface area contributed by atoms with E-state index >= 15 is 0 Å². The van der Waals surface area contributed by atoms with Crippen LogP contribution in [0, 0.1) is 6.92 Å². The molecule has 1 N–H and O–H groups in total. The molecule has 1 aromatic rings. The highest BCUT2D eigenvalue weighted by Crippen LogP contribution is 2.22. The van der Waals surface area contributed by atoms with Gasteiger partial charge in [-0.1, -0.05) is 19.1 Å². The highest BCUT2D eigenvalue weighted by molar-refractivity contribution is 6.00. The molecule has 3 heteroatoms. The second-order valence-electron chi connectivity index (χ2n) is 5.03. The van der Waals surface area contributed by atoms with Crippen LogP contribution < -0.4 is 0 Å². The van der Waals surface area contributed by atoms with Crippen LogP contribution in [0.3, 0.4) is 0 Å². The summed E-state index contributed by atoms with van der Waals surface area (Å²) < 4.78 is 0. The largest absolute Gasteiger partial charge is 0.508 e. The van der Waals surface area contributed by atoms with Crippen molar-refractivity contribution in [2.24, 2.45) is 0 Å². The van der Waals surface area contributed by atoms with Gasteiger partial charge in [0.05, 0.1) is 6.04 Å². The molecule has 1 fully saturated rings. The molecule has 1 aliphatic rings. The molecule has 18 heavy (non-hydrogen) atoms. The Kier molecular flexibility index (Phi) is 4.02. The van der Waals surface area contributed by atoms with Gasteiger partial charge in [0.1, 0.15) is 5.75 Å². The second kappa shape index (κ2) is 5.53. The maximum atomic E-state index is 12.5. The monoisotopic (exact) mass is 247 g/mol. The van der Waals surface area contributed by atoms with E-state index in [1.54, 1.807) is 12.1 Å². The molecule has 0 saturated carbocycles. The van der Waals surface area contributed by atoms with Crippen molar-refractivity contribution in [2.75, 3.05) is 13.1 Å². The van der Waals surface area contributed by atoms with Crippen LogP contribution in [0.25, 0.3) is 0 Å². The summed E-state index contributed by atoms with van der Waals surface area (Å²) in [5.74, 6) is 0.340. The molecule has 0 aliphatic carbocycles. The van der Waals surface area contributed by atoms with Crippen molar-refractivity contribution in [2.45, 2.75) is 39.2 Å². The number of rotatable bonds is 4. The van der Waals surface area contributed by atoms with Gasteiger partial charge in [-0.3, -0.25) is 9.69 Å². The second-order valence-corrected chi connectivity index (χ2v) is 5.03. The minimum Gasteiger partial charge on any atom is -0.508 e. The molecule has 0 aromatic heterocycles. The van der Waals surface area contributed by atoms with Crippen LogP contribution in [-0.2, 0) is 0 Å². The smallest absolute Gasteiger partial charge is 0.180 e. The molecule has 0 spiro atoms. The third kappa shape index (κ3) is 2.56. The quantitative estimate of drug-likeness (QED) is 0.832. The predicted octanol–water partition coefficient (Wildman–Crippen LogP) is 2.76. The number of nitrogens with zero attached hydrogens (tertiary/aromatic N) is 1. The third-order valence-corrected chi connectivity index (χ3v) is 3.76. The van der Waals surface area contributed by atoms with Crippen molar-refractivity contribution in [3.8, 4) is 5.75 Å². The lowest BCUT2D eigenvalue weighted by atomic mass is 9.99. The number of hydrogen-bond donors (Lipinski definition) is 1. The van der Waals surface area contributed by atoms with E-state index in [0.29, 0.717) is 5.56 Å². The van der Waals surface area contributed by atoms with Crippen molar-refractivity contribution in [3.05, 3.63) is 29.3 Å². The van der Waals surface area contributed by atoms with Gasteiger partial charge in [0.15, 0.2) is 5.78 Å². The van der Waals surface area contributed by atoms with Crippen LogP contribution in [0.1, 0.15) is 42.1 Å². The van der Waals surface area contributed by atoms with Crippen LogP contribution in [0.15, 0.2) is 18.2 Å². The summed E-state index contributed by atoms with van der Waals surface area (Å²) in [6.07, 6.45) is 3.19. The van der Waals surface area contributed by atoms with Crippen molar-refractivity contribution >= 4 is 5.78 Å². The lowest BCUT2D eigenvalue weighted by Gasteiger charge is -2.25. The Morgan fingerprint density at radius 2 is 2.06 bits per heavy atom. The zero-order valence-electron chi connectivity index (χ0n) is 11.1. The van der Waals surface area contributed by atoms with Gasteiger partial charge < -0.3 is 5.11 Å². The van der Waals surface area contributed by atoms with E-state index in [9.17, 15) is 9.90 Å². The first-order valence-corrected chi connectivity index (χ1v) is 6.71. The number of phenols is 1. The van der Waals surface area contributed by atoms with Gasteiger partial charge in [-0.15, -0.1) is 0 Å². The van der Waals surface area contributed by atoms with E-state index in [0.717, 1.165) is 25.1 Å². The molecular formula is C15H21NO2. The predicted molar refractivity (Wildman–Crippen MR) is 72.1 cm³/mol. The molecule has 1 atom stereocenters. The number of carbonyl (C=O) groups is 1. The number of hydrogen-bond acceptors (Lipinski definition) is 3. The van der Waals surface area contributed by atoms with E-state index in [1.165, 1.54) is 12.8 Å². The Hall–Kier alpha value is -1.35. The summed E-state index contributed by atoms with van der Waals surface area (Å²) in [5.41, 5.74) is 1.43. The zero-order chi connectivity index (χ0) is 13.1. The lowest BCUT2D eigenvalue weighted by Crippen LogP contribution is -2.38. The van der Waals surface area contributed by atoms with Gasteiger partial charge in [0.2, 0.25) is 0 Å². The number of likely N-dealkylation sites (tertiary alicyclic amines) is 1. The molecular weight excluding hydrogens is 226 g/mol. The maximum Gasteiger partial charge on any atom is 0.180 e. The van der Waals surface area contributed by atoms with E-state index < -0.39 is 0 Å². The fourth-order valence-corrected chi connectivity index (χ4v) is 2.62. The fourth-order valence-electron chi connectivity index (χ4n) is 2.62. The standard InChI is InChI=1S/C15H21NO2/c1-3-13(16-8-4-5-9-16)15(18)12-7-6-11(2)14(17)10-12/h6-7,10,13,17H,3-5,8-9H2,1-2H3. The highest BCUT2D eigenvalue weighted by atomic mass is 16.3. The summed E-state index contributed by atoms with van der Waals surface area (Å²) in [6.45, 7) is 5.92. The summed E-state index contributed by atoms with van der Waals surface area (Å²) in [6, 6.07) is 5.18. The highest BCUT2D eigenvalue weighted by Gasteiger charge is 2.27. The minimum atomic E-state index is -0.0328. The number of aryl methyl sites for hydroxylation is 1. The Morgan fingerprint density at radius 3 is 2.61 bits per heavy atom. The maximum absolute atomic E-state index is 12.5. The molecule has 0 bridgehead atoms. The average Bonchev–Trinajstić information content (AvgIpc) is 2.87. The Balaban J connectivity index is 2.19. The molecule has 1 aromatic carbocycles. The van der Waals surface area contributed by atoms with Crippen molar-refractivity contribution in [3.63, 3.8) is 0 Å². The molecule has 1 aliphatic heterocycles. The Morgan fingerprint density at radius 1 is 1.39 bits per heavy atom. The molecule has 0 radical (unpaired) electrons. The lowest BCUT2D eigenvalue weighted by molar-refractivity contribution is 0.0843. The van der Waals surface area contributed by atoms with Gasteiger partial charge in [0.25, 0.3) is 0 Å². The summed E-state index contributed by atoms with van der Waals surface area (Å²) in [5, 5.41) is 9.70. The van der Waals surface area contributed by atoms with Gasteiger partial charge in [0, 0.05) is 5.56 Å². The normalized spacial score (nSPS) is 17.9. The van der Waals surface area contributed by atoms with Gasteiger partial charge in [-0.05, 0) is 50.9 Å². The van der Waals surface area contributed by atoms with Crippen LogP contribution in [0.4, 0.5) is 0 Å². The number of aromatic hydroxyl groups is 1. The Bertz CT molecular complexity index is 436. The molecule has 2 rings (SSSR count). The van der Waals surface area contributed by atoms with Crippen LogP contribution >= 0.6 is 0 Å². The average molecular weight is 247 g/mol. The number of carbonyl (C=O) groups excluding carboxylic acids is 1. The SMILES string of the molecule is CCC(C(=O)c1ccc(C)c(O)c1)N1CCCC1. The van der Waals surface area contributed by atoms with E-state index in [4.69, 9.17) is 0 Å². The van der Waals surface area contributed by atoms with Gasteiger partial charge >= 0.3 is 0 Å². The molecule has 98 valence electrons. The number of Topliss-reactive ketones (excluding diaryl/α,β-unsaturated/α-hetero) is 1. The fraction of sp³-hybridized carbons (Fsp3) is 0.533. The van der Waals surface area contributed by atoms with E-state index in [2.05, 4.69) is 11.8 Å². The van der Waals surface area contributed by atoms with Crippen molar-refractivity contribution in [1.29, 1.82) is 0 Å². The van der Waals surface area contributed by atoms with E-state index in [1.807, 2.05) is 13.0 Å². The Labute approximate surface area is 108 Å². The van der Waals surface area contributed by atoms with Crippen molar-refractivity contribution < 1.29 is 9.90 Å². The van der Waals surface area contributed by atoms with Gasteiger partial charge in [-0.25, -0.2) is 0 Å². The molecule has 3 nitrogen and oxygen atoms in total. The number of phenolic OH excluding ortho intramolecular Hbond substituents is 1. The number of benzene rings is 1. The van der Waals surface area contributed by atoms with Crippen LogP contribution in [-0.4, -0.2) is 34.9 Å². The van der Waals surface area contributed by atoms with Gasteiger partial charge in [-0.2, -0.15) is 0 Å². The van der Waals surface area contributed by atoms with Crippen molar-refractivity contribution in [1.82, 2.24) is 4.90 Å². The third-order valence-electron chi connectivity index (χ3n) is 3.76. The first-order chi connectivity index (χ1) is 8.63. The minimum absolute atomic E-state index is 0.0328. The summed E-state index contributed by atoms with van der Waals surface area (Å²) in [4.78, 5) is 14.7.